The molecule has 0 amide bonds. The fourth-order valence-corrected chi connectivity index (χ4v) is 2.53. The molecule has 0 atom stereocenters. The zero-order valence-electron chi connectivity index (χ0n) is 11.3. The van der Waals surface area contributed by atoms with Crippen LogP contribution in [-0.4, -0.2) is 50.7 Å². The number of aliphatic imine (C=N–C) groups is 1. The first-order valence-corrected chi connectivity index (χ1v) is 7.54. The maximum Gasteiger partial charge on any atom is 0.209 e. The van der Waals surface area contributed by atoms with Crippen LogP contribution in [0.2, 0.25) is 0 Å². The van der Waals surface area contributed by atoms with Gasteiger partial charge in [0.2, 0.25) is 10.0 Å². The average molecular weight is 264 g/mol. The highest BCUT2D eigenvalue weighted by atomic mass is 32.2. The summed E-state index contributed by atoms with van der Waals surface area (Å²) in [5, 5.41) is 0. The number of nitrogens with one attached hydrogen (secondary N) is 1. The molecule has 0 aliphatic heterocycles. The molecule has 0 spiro atoms. The first-order valence-electron chi connectivity index (χ1n) is 5.65. The van der Waals surface area contributed by atoms with Gasteiger partial charge in [0.15, 0.2) is 5.96 Å². The summed E-state index contributed by atoms with van der Waals surface area (Å²) in [5.74, 6) is 0.443. The molecule has 102 valence electrons. The predicted molar refractivity (Wildman–Crippen MR) is 71.5 cm³/mol. The highest BCUT2D eigenvalue weighted by Crippen LogP contribution is 2.04. The summed E-state index contributed by atoms with van der Waals surface area (Å²) >= 11 is 0. The largest absolute Gasteiger partial charge is 0.370 e. The van der Waals surface area contributed by atoms with Gasteiger partial charge in [0.05, 0.1) is 12.8 Å². The fourth-order valence-electron chi connectivity index (χ4n) is 1.46. The van der Waals surface area contributed by atoms with Crippen molar-refractivity contribution >= 4 is 16.0 Å². The maximum absolute atomic E-state index is 11.1. The van der Waals surface area contributed by atoms with Crippen molar-refractivity contribution in [3.8, 4) is 0 Å². The lowest BCUT2D eigenvalue weighted by Gasteiger charge is -2.25. The van der Waals surface area contributed by atoms with Gasteiger partial charge in [0.25, 0.3) is 0 Å². The highest BCUT2D eigenvalue weighted by molar-refractivity contribution is 7.88. The van der Waals surface area contributed by atoms with E-state index in [2.05, 4.69) is 9.71 Å². The molecule has 0 unspecified atom stereocenters. The third kappa shape index (κ3) is 7.17. The lowest BCUT2D eigenvalue weighted by Crippen LogP contribution is -2.46. The van der Waals surface area contributed by atoms with Crippen LogP contribution < -0.4 is 10.5 Å². The molecule has 0 aromatic rings. The van der Waals surface area contributed by atoms with Gasteiger partial charge in [-0.2, -0.15) is 0 Å². The van der Waals surface area contributed by atoms with Gasteiger partial charge in [-0.15, -0.1) is 0 Å². The Morgan fingerprint density at radius 2 is 1.82 bits per heavy atom. The van der Waals surface area contributed by atoms with Crippen LogP contribution in [0.25, 0.3) is 0 Å². The van der Waals surface area contributed by atoms with Gasteiger partial charge < -0.3 is 10.6 Å². The number of sulfonamides is 1. The van der Waals surface area contributed by atoms with Gasteiger partial charge in [0.1, 0.15) is 0 Å². The minimum atomic E-state index is -3.23. The van der Waals surface area contributed by atoms with Crippen LogP contribution in [0.15, 0.2) is 4.99 Å². The minimum absolute atomic E-state index is 0.308. The Morgan fingerprint density at radius 3 is 2.18 bits per heavy atom. The van der Waals surface area contributed by atoms with Crippen molar-refractivity contribution in [2.24, 2.45) is 10.7 Å². The first-order chi connectivity index (χ1) is 7.61. The Morgan fingerprint density at radius 1 is 1.35 bits per heavy atom. The predicted octanol–water partition coefficient (Wildman–Crippen LogP) is -0.0293. The van der Waals surface area contributed by atoms with Gasteiger partial charge >= 0.3 is 0 Å². The summed E-state index contributed by atoms with van der Waals surface area (Å²) in [7, 11) is -3.23. The van der Waals surface area contributed by atoms with Gasteiger partial charge in [-0.1, -0.05) is 0 Å². The van der Waals surface area contributed by atoms with Crippen LogP contribution in [0.4, 0.5) is 0 Å². The van der Waals surface area contributed by atoms with E-state index >= 15 is 0 Å². The minimum Gasteiger partial charge on any atom is -0.370 e. The molecule has 0 saturated carbocycles. The van der Waals surface area contributed by atoms with E-state index < -0.39 is 15.6 Å². The number of guanidine groups is 1. The van der Waals surface area contributed by atoms with E-state index in [0.29, 0.717) is 12.5 Å². The molecule has 0 radical (unpaired) electrons. The van der Waals surface area contributed by atoms with E-state index in [-0.39, 0.29) is 0 Å². The van der Waals surface area contributed by atoms with Crippen LogP contribution in [0.3, 0.4) is 0 Å². The van der Waals surface area contributed by atoms with Gasteiger partial charge in [-0.25, -0.2) is 13.1 Å². The van der Waals surface area contributed by atoms with E-state index in [9.17, 15) is 8.42 Å². The van der Waals surface area contributed by atoms with E-state index in [4.69, 9.17) is 5.73 Å². The summed E-state index contributed by atoms with van der Waals surface area (Å²) in [6.07, 6.45) is 1.13. The second kappa shape index (κ2) is 6.20. The Hall–Kier alpha value is -0.820. The maximum atomic E-state index is 11.1. The Balaban J connectivity index is 4.58. The van der Waals surface area contributed by atoms with Crippen molar-refractivity contribution in [2.45, 2.75) is 33.2 Å². The van der Waals surface area contributed by atoms with Crippen LogP contribution in [0, 0.1) is 0 Å². The van der Waals surface area contributed by atoms with Crippen LogP contribution >= 0.6 is 0 Å². The van der Waals surface area contributed by atoms with Crippen molar-refractivity contribution in [2.75, 3.05) is 25.9 Å². The lowest BCUT2D eigenvalue weighted by molar-refractivity contribution is 0.439. The summed E-state index contributed by atoms with van der Waals surface area (Å²) in [4.78, 5) is 6.13. The molecule has 17 heavy (non-hydrogen) atoms. The molecular weight excluding hydrogens is 240 g/mol. The Bertz CT molecular complexity index is 359. The molecule has 0 fully saturated rings. The summed E-state index contributed by atoms with van der Waals surface area (Å²) in [5.41, 5.74) is 5.18. The van der Waals surface area contributed by atoms with E-state index in [1.54, 1.807) is 13.8 Å². The Labute approximate surface area is 104 Å². The first kappa shape index (κ1) is 16.2. The monoisotopic (exact) mass is 264 g/mol. The third-order valence-electron chi connectivity index (χ3n) is 2.19. The molecule has 0 bridgehead atoms. The van der Waals surface area contributed by atoms with Crippen molar-refractivity contribution < 1.29 is 8.42 Å². The number of nitrogens with zero attached hydrogens (tertiary/aromatic N) is 2. The Kier molecular flexibility index (Phi) is 5.91. The molecule has 0 heterocycles. The number of nitrogens with two attached hydrogens (primary N) is 1. The number of hydrogen-bond donors (Lipinski definition) is 2. The second-order valence-electron chi connectivity index (χ2n) is 4.60. The number of rotatable bonds is 6. The smallest absolute Gasteiger partial charge is 0.209 e. The summed E-state index contributed by atoms with van der Waals surface area (Å²) in [6.45, 7) is 9.40. The molecule has 0 rings (SSSR count). The van der Waals surface area contributed by atoms with Crippen molar-refractivity contribution in [3.05, 3.63) is 0 Å². The molecule has 0 aliphatic rings. The van der Waals surface area contributed by atoms with Crippen LogP contribution in [0.1, 0.15) is 27.7 Å². The topological polar surface area (TPSA) is 87.8 Å². The van der Waals surface area contributed by atoms with Crippen LogP contribution in [0.5, 0.6) is 0 Å². The van der Waals surface area contributed by atoms with E-state index in [1.807, 2.05) is 18.7 Å². The number of hydrogen-bond acceptors (Lipinski definition) is 3. The molecular formula is C10H24N4O2S. The van der Waals surface area contributed by atoms with Crippen molar-refractivity contribution in [3.63, 3.8) is 0 Å². The molecule has 0 aromatic carbocycles. The molecule has 3 N–H and O–H groups in total. The van der Waals surface area contributed by atoms with Gasteiger partial charge in [-0.05, 0) is 27.7 Å². The fraction of sp³-hybridized carbons (Fsp3) is 0.900. The molecule has 0 aromatic heterocycles. The third-order valence-corrected chi connectivity index (χ3v) is 3.11. The molecule has 7 heteroatoms. The standard InChI is InChI=1S/C10H24N4O2S/c1-6-14(7-2)9(11)12-8-10(3,4)13-17(5,15)16/h13H,6-8H2,1-5H3,(H2,11,12). The molecule has 0 aliphatic carbocycles. The van der Waals surface area contributed by atoms with Crippen molar-refractivity contribution in [1.82, 2.24) is 9.62 Å². The lowest BCUT2D eigenvalue weighted by atomic mass is 10.1. The highest BCUT2D eigenvalue weighted by Gasteiger charge is 2.21. The summed E-state index contributed by atoms with van der Waals surface area (Å²) in [6, 6.07) is 0. The van der Waals surface area contributed by atoms with E-state index in [0.717, 1.165) is 19.3 Å². The second-order valence-corrected chi connectivity index (χ2v) is 6.35. The average Bonchev–Trinajstić information content (AvgIpc) is 2.13. The molecule has 6 nitrogen and oxygen atoms in total. The van der Waals surface area contributed by atoms with Gasteiger partial charge in [0, 0.05) is 18.6 Å². The quantitative estimate of drug-likeness (QED) is 0.521. The van der Waals surface area contributed by atoms with E-state index in [1.165, 1.54) is 0 Å². The van der Waals surface area contributed by atoms with Crippen LogP contribution in [-0.2, 0) is 10.0 Å². The zero-order chi connectivity index (χ0) is 13.7. The normalized spacial score (nSPS) is 13.8. The van der Waals surface area contributed by atoms with Gasteiger partial charge in [-0.3, -0.25) is 4.99 Å². The van der Waals surface area contributed by atoms with Crippen molar-refractivity contribution in [1.29, 1.82) is 0 Å². The molecule has 0 saturated heterocycles. The summed E-state index contributed by atoms with van der Waals surface area (Å²) < 4.78 is 24.8. The SMILES string of the molecule is CCN(CC)C(N)=NCC(C)(C)NS(C)(=O)=O. The zero-order valence-corrected chi connectivity index (χ0v) is 12.1.